The molecule has 0 unspecified atom stereocenters. The van der Waals surface area contributed by atoms with Crippen LogP contribution in [0.25, 0.3) is 5.69 Å². The van der Waals surface area contributed by atoms with Crippen LogP contribution in [0.5, 0.6) is 0 Å². The largest absolute Gasteiger partial charge is 0.393 e. The zero-order chi connectivity index (χ0) is 14.3. The Bertz CT molecular complexity index is 696. The van der Waals surface area contributed by atoms with E-state index >= 15 is 0 Å². The van der Waals surface area contributed by atoms with E-state index in [1.165, 1.54) is 12.8 Å². The highest BCUT2D eigenvalue weighted by atomic mass is 35.5. The number of aromatic nitrogens is 2. The maximum Gasteiger partial charge on any atom is 0.294 e. The van der Waals surface area contributed by atoms with Gasteiger partial charge in [0.05, 0.1) is 11.4 Å². The quantitative estimate of drug-likeness (QED) is 0.924. The Labute approximate surface area is 122 Å². The van der Waals surface area contributed by atoms with Gasteiger partial charge in [0.2, 0.25) is 0 Å². The minimum atomic E-state index is -0.156. The third-order valence-electron chi connectivity index (χ3n) is 4.14. The fraction of sp³-hybridized carbons (Fsp3) is 0.400. The van der Waals surface area contributed by atoms with Gasteiger partial charge >= 0.3 is 0 Å². The van der Waals surface area contributed by atoms with Crippen LogP contribution in [0, 0.1) is 0 Å². The summed E-state index contributed by atoms with van der Waals surface area (Å²) in [6, 6.07) is 7.27. The van der Waals surface area contributed by atoms with Gasteiger partial charge in [0.15, 0.2) is 0 Å². The molecule has 0 amide bonds. The number of hydrogen-bond donors (Lipinski definition) is 1. The summed E-state index contributed by atoms with van der Waals surface area (Å²) < 4.78 is 3.49. The lowest BCUT2D eigenvalue weighted by molar-refractivity contribution is 0.568. The molecule has 0 bridgehead atoms. The van der Waals surface area contributed by atoms with Gasteiger partial charge in [-0.25, -0.2) is 4.68 Å². The van der Waals surface area contributed by atoms with Gasteiger partial charge in [0.1, 0.15) is 5.69 Å². The first-order chi connectivity index (χ1) is 9.59. The van der Waals surface area contributed by atoms with Crippen molar-refractivity contribution in [3.05, 3.63) is 45.3 Å². The summed E-state index contributed by atoms with van der Waals surface area (Å²) in [6.07, 6.45) is 4.63. The van der Waals surface area contributed by atoms with E-state index in [4.69, 9.17) is 17.3 Å². The fourth-order valence-electron chi connectivity index (χ4n) is 3.22. The van der Waals surface area contributed by atoms with Crippen LogP contribution >= 0.6 is 11.6 Å². The number of nitrogens with zero attached hydrogens (tertiary/aromatic N) is 2. The highest BCUT2D eigenvalue weighted by Gasteiger charge is 2.26. The molecule has 20 heavy (non-hydrogen) atoms. The van der Waals surface area contributed by atoms with E-state index in [1.807, 2.05) is 23.9 Å². The van der Waals surface area contributed by atoms with Gasteiger partial charge in [-0.05, 0) is 31.0 Å². The Kier molecular flexibility index (Phi) is 3.34. The average Bonchev–Trinajstić information content (AvgIpc) is 2.99. The Morgan fingerprint density at radius 1 is 1.30 bits per heavy atom. The van der Waals surface area contributed by atoms with Crippen molar-refractivity contribution in [3.8, 4) is 5.69 Å². The van der Waals surface area contributed by atoms with Crippen molar-refractivity contribution in [1.82, 2.24) is 9.36 Å². The van der Waals surface area contributed by atoms with Gasteiger partial charge in [-0.3, -0.25) is 9.48 Å². The number of nitrogens with two attached hydrogens (primary N) is 1. The molecule has 1 aromatic carbocycles. The maximum atomic E-state index is 12.5. The standard InChI is InChI=1S/C15H18ClN3O/c1-18-14(10-5-2-3-6-10)13(17)15(20)19(18)12-8-4-7-11(16)9-12/h4,7-10H,2-3,5-6,17H2,1H3. The number of hydrogen-bond acceptors (Lipinski definition) is 2. The molecule has 0 spiro atoms. The van der Waals surface area contributed by atoms with Crippen molar-refractivity contribution in [3.63, 3.8) is 0 Å². The second kappa shape index (κ2) is 5.02. The Hall–Kier alpha value is -1.68. The number of anilines is 1. The molecular weight excluding hydrogens is 274 g/mol. The van der Waals surface area contributed by atoms with Crippen molar-refractivity contribution in [2.45, 2.75) is 31.6 Å². The van der Waals surface area contributed by atoms with Crippen LogP contribution in [0.4, 0.5) is 5.69 Å². The smallest absolute Gasteiger partial charge is 0.294 e. The molecule has 1 aliphatic rings. The molecule has 4 nitrogen and oxygen atoms in total. The van der Waals surface area contributed by atoms with Crippen molar-refractivity contribution in [1.29, 1.82) is 0 Å². The molecule has 3 rings (SSSR count). The maximum absolute atomic E-state index is 12.5. The molecule has 2 aromatic rings. The predicted molar refractivity (Wildman–Crippen MR) is 81.6 cm³/mol. The molecule has 1 fully saturated rings. The van der Waals surface area contributed by atoms with Crippen molar-refractivity contribution >= 4 is 17.3 Å². The van der Waals surface area contributed by atoms with Crippen LogP contribution < -0.4 is 11.3 Å². The first-order valence-electron chi connectivity index (χ1n) is 6.93. The van der Waals surface area contributed by atoms with Crippen LogP contribution in [0.1, 0.15) is 37.3 Å². The number of benzene rings is 1. The van der Waals surface area contributed by atoms with E-state index in [0.717, 1.165) is 24.2 Å². The fourth-order valence-corrected chi connectivity index (χ4v) is 3.41. The minimum absolute atomic E-state index is 0.156. The predicted octanol–water partition coefficient (Wildman–Crippen LogP) is 3.07. The summed E-state index contributed by atoms with van der Waals surface area (Å²) in [5.74, 6) is 0.396. The molecule has 0 radical (unpaired) electrons. The lowest BCUT2D eigenvalue weighted by Gasteiger charge is -2.14. The molecular formula is C15H18ClN3O. The monoisotopic (exact) mass is 291 g/mol. The topological polar surface area (TPSA) is 52.9 Å². The Morgan fingerprint density at radius 3 is 2.65 bits per heavy atom. The van der Waals surface area contributed by atoms with Gasteiger partial charge in [0, 0.05) is 18.0 Å². The SMILES string of the molecule is Cn1c(C2CCCC2)c(N)c(=O)n1-c1cccc(Cl)c1. The molecule has 5 heteroatoms. The third kappa shape index (κ3) is 2.04. The van der Waals surface area contributed by atoms with Crippen molar-refractivity contribution < 1.29 is 0 Å². The molecule has 0 atom stereocenters. The van der Waals surface area contributed by atoms with E-state index in [-0.39, 0.29) is 5.56 Å². The average molecular weight is 292 g/mol. The van der Waals surface area contributed by atoms with Crippen LogP contribution in [0.3, 0.4) is 0 Å². The van der Waals surface area contributed by atoms with Gasteiger partial charge in [-0.2, -0.15) is 0 Å². The summed E-state index contributed by atoms with van der Waals surface area (Å²) in [5.41, 5.74) is 8.01. The van der Waals surface area contributed by atoms with Crippen molar-refractivity contribution in [2.75, 3.05) is 5.73 Å². The molecule has 1 heterocycles. The molecule has 2 N–H and O–H groups in total. The van der Waals surface area contributed by atoms with E-state index in [0.29, 0.717) is 16.6 Å². The molecule has 1 saturated carbocycles. The molecule has 0 saturated heterocycles. The van der Waals surface area contributed by atoms with E-state index in [9.17, 15) is 4.79 Å². The van der Waals surface area contributed by atoms with Gasteiger partial charge in [0.25, 0.3) is 5.56 Å². The summed E-state index contributed by atoms with van der Waals surface area (Å²) in [5, 5.41) is 0.608. The highest BCUT2D eigenvalue weighted by Crippen LogP contribution is 2.36. The normalized spacial score (nSPS) is 15.9. The van der Waals surface area contributed by atoms with Crippen LogP contribution in [0.15, 0.2) is 29.1 Å². The zero-order valence-corrected chi connectivity index (χ0v) is 12.2. The summed E-state index contributed by atoms with van der Waals surface area (Å²) >= 11 is 6.02. The van der Waals surface area contributed by atoms with Gasteiger partial charge in [-0.1, -0.05) is 30.5 Å². The lowest BCUT2D eigenvalue weighted by Crippen LogP contribution is -2.20. The Balaban J connectivity index is 2.17. The second-order valence-electron chi connectivity index (χ2n) is 5.40. The number of halogens is 1. The van der Waals surface area contributed by atoms with E-state index in [1.54, 1.807) is 16.8 Å². The summed E-state index contributed by atoms with van der Waals surface area (Å²) in [6.45, 7) is 0. The second-order valence-corrected chi connectivity index (χ2v) is 5.84. The van der Waals surface area contributed by atoms with Gasteiger partial charge in [-0.15, -0.1) is 0 Å². The first-order valence-corrected chi connectivity index (χ1v) is 7.30. The Morgan fingerprint density at radius 2 is 2.00 bits per heavy atom. The molecule has 1 aromatic heterocycles. The first kappa shape index (κ1) is 13.3. The molecule has 0 aliphatic heterocycles. The number of rotatable bonds is 2. The molecule has 106 valence electrons. The minimum Gasteiger partial charge on any atom is -0.393 e. The summed E-state index contributed by atoms with van der Waals surface area (Å²) in [7, 11) is 1.90. The third-order valence-corrected chi connectivity index (χ3v) is 4.38. The highest BCUT2D eigenvalue weighted by molar-refractivity contribution is 6.30. The van der Waals surface area contributed by atoms with E-state index < -0.39 is 0 Å². The van der Waals surface area contributed by atoms with E-state index in [2.05, 4.69) is 0 Å². The zero-order valence-electron chi connectivity index (χ0n) is 11.5. The lowest BCUT2D eigenvalue weighted by atomic mass is 10.0. The molecule has 1 aliphatic carbocycles. The number of nitrogen functional groups attached to an aromatic ring is 1. The summed E-state index contributed by atoms with van der Waals surface area (Å²) in [4.78, 5) is 12.5. The van der Waals surface area contributed by atoms with Crippen LogP contribution in [-0.4, -0.2) is 9.36 Å². The van der Waals surface area contributed by atoms with Gasteiger partial charge < -0.3 is 5.73 Å². The van der Waals surface area contributed by atoms with Crippen LogP contribution in [-0.2, 0) is 7.05 Å². The van der Waals surface area contributed by atoms with Crippen LogP contribution in [0.2, 0.25) is 5.02 Å². The van der Waals surface area contributed by atoms with Crippen molar-refractivity contribution in [2.24, 2.45) is 7.05 Å².